The highest BCUT2D eigenvalue weighted by molar-refractivity contribution is 5.46. The number of hydrogen-bond donors (Lipinski definition) is 2. The summed E-state index contributed by atoms with van der Waals surface area (Å²) in [6, 6.07) is 16.2. The van der Waals surface area contributed by atoms with Crippen LogP contribution in [0.2, 0.25) is 0 Å². The summed E-state index contributed by atoms with van der Waals surface area (Å²) in [5, 5.41) is 0. The Labute approximate surface area is 115 Å². The Morgan fingerprint density at radius 3 is 1.79 bits per heavy atom. The van der Waals surface area contributed by atoms with Crippen molar-refractivity contribution in [2.24, 2.45) is 11.5 Å². The smallest absolute Gasteiger partial charge is 0.117 e. The van der Waals surface area contributed by atoms with Crippen molar-refractivity contribution < 1.29 is 0 Å². The van der Waals surface area contributed by atoms with Gasteiger partial charge in [-0.2, -0.15) is 0 Å². The second-order valence-electron chi connectivity index (χ2n) is 4.89. The predicted octanol–water partition coefficient (Wildman–Crippen LogP) is 2.93. The molecule has 2 nitrogen and oxygen atoms in total. The summed E-state index contributed by atoms with van der Waals surface area (Å²) in [5.74, 6) is 0. The lowest BCUT2D eigenvalue weighted by Crippen LogP contribution is -2.48. The topological polar surface area (TPSA) is 52.0 Å². The van der Waals surface area contributed by atoms with Crippen LogP contribution in [0.5, 0.6) is 0 Å². The molecule has 4 N–H and O–H groups in total. The Morgan fingerprint density at radius 1 is 0.789 bits per heavy atom. The molecule has 0 aliphatic heterocycles. The zero-order valence-electron chi connectivity index (χ0n) is 11.7. The van der Waals surface area contributed by atoms with Gasteiger partial charge >= 0.3 is 0 Å². The lowest BCUT2D eigenvalue weighted by atomic mass is 9.84. The Morgan fingerprint density at radius 2 is 1.32 bits per heavy atom. The fraction of sp³-hybridized carbons (Fsp3) is 0.294. The van der Waals surface area contributed by atoms with Gasteiger partial charge in [0.2, 0.25) is 0 Å². The summed E-state index contributed by atoms with van der Waals surface area (Å²) in [7, 11) is 0. The molecule has 0 radical (unpaired) electrons. The lowest BCUT2D eigenvalue weighted by Gasteiger charge is -2.30. The Kier molecular flexibility index (Phi) is 4.03. The molecule has 2 aromatic rings. The molecule has 0 amide bonds. The van der Waals surface area contributed by atoms with E-state index >= 15 is 0 Å². The quantitative estimate of drug-likeness (QED) is 0.824. The van der Waals surface area contributed by atoms with Gasteiger partial charge in [-0.25, -0.2) is 0 Å². The molecule has 0 aliphatic carbocycles. The molecule has 0 fully saturated rings. The Hall–Kier alpha value is -1.64. The number of rotatable bonds is 4. The fourth-order valence-corrected chi connectivity index (χ4v) is 2.63. The highest BCUT2D eigenvalue weighted by Crippen LogP contribution is 2.29. The van der Waals surface area contributed by atoms with Crippen molar-refractivity contribution in [1.82, 2.24) is 0 Å². The van der Waals surface area contributed by atoms with E-state index < -0.39 is 5.66 Å². The van der Waals surface area contributed by atoms with Crippen LogP contribution in [0.4, 0.5) is 0 Å². The third-order valence-corrected chi connectivity index (χ3v) is 3.66. The maximum Gasteiger partial charge on any atom is 0.117 e. The van der Waals surface area contributed by atoms with Crippen LogP contribution in [0.3, 0.4) is 0 Å². The van der Waals surface area contributed by atoms with Crippen LogP contribution in [0.25, 0.3) is 0 Å². The van der Waals surface area contributed by atoms with Gasteiger partial charge in [-0.3, -0.25) is 0 Å². The van der Waals surface area contributed by atoms with Crippen molar-refractivity contribution in [1.29, 1.82) is 0 Å². The fourth-order valence-electron chi connectivity index (χ4n) is 2.63. The first-order valence-corrected chi connectivity index (χ1v) is 6.85. The Bertz CT molecular complexity index is 522. The second kappa shape index (κ2) is 5.55. The van der Waals surface area contributed by atoms with Gasteiger partial charge < -0.3 is 11.5 Å². The van der Waals surface area contributed by atoms with E-state index in [-0.39, 0.29) is 0 Å². The zero-order chi connectivity index (χ0) is 13.9. The molecule has 19 heavy (non-hydrogen) atoms. The van der Waals surface area contributed by atoms with Gasteiger partial charge in [0.15, 0.2) is 0 Å². The van der Waals surface area contributed by atoms with E-state index in [1.165, 1.54) is 11.1 Å². The van der Waals surface area contributed by atoms with Crippen molar-refractivity contribution in [3.63, 3.8) is 0 Å². The zero-order valence-corrected chi connectivity index (χ0v) is 11.7. The van der Waals surface area contributed by atoms with Gasteiger partial charge in [-0.05, 0) is 35.1 Å². The van der Waals surface area contributed by atoms with E-state index in [0.717, 1.165) is 24.0 Å². The van der Waals surface area contributed by atoms with Crippen molar-refractivity contribution in [2.45, 2.75) is 32.4 Å². The molecular weight excluding hydrogens is 232 g/mol. The molecule has 2 aromatic carbocycles. The highest BCUT2D eigenvalue weighted by Gasteiger charge is 2.28. The normalized spacial score (nSPS) is 11.6. The van der Waals surface area contributed by atoms with E-state index in [0.29, 0.717) is 0 Å². The Balaban J connectivity index is 2.63. The molecule has 0 saturated heterocycles. The molecule has 2 rings (SSSR count). The first-order valence-electron chi connectivity index (χ1n) is 6.85. The third-order valence-electron chi connectivity index (χ3n) is 3.66. The van der Waals surface area contributed by atoms with Gasteiger partial charge in [0.1, 0.15) is 5.66 Å². The van der Waals surface area contributed by atoms with Crippen LogP contribution in [0.15, 0.2) is 48.5 Å². The summed E-state index contributed by atoms with van der Waals surface area (Å²) in [6.45, 7) is 4.28. The van der Waals surface area contributed by atoms with Crippen molar-refractivity contribution >= 4 is 0 Å². The van der Waals surface area contributed by atoms with Gasteiger partial charge in [0.05, 0.1) is 0 Å². The van der Waals surface area contributed by atoms with Crippen LogP contribution in [-0.4, -0.2) is 0 Å². The van der Waals surface area contributed by atoms with Gasteiger partial charge in [0.25, 0.3) is 0 Å². The molecule has 0 unspecified atom stereocenters. The van der Waals surface area contributed by atoms with Gasteiger partial charge in [-0.1, -0.05) is 62.4 Å². The van der Waals surface area contributed by atoms with Crippen molar-refractivity contribution in [3.05, 3.63) is 70.8 Å². The van der Waals surface area contributed by atoms with Crippen LogP contribution in [0, 0.1) is 0 Å². The molecule has 0 spiro atoms. The van der Waals surface area contributed by atoms with Crippen LogP contribution in [-0.2, 0) is 18.5 Å². The molecule has 0 heterocycles. The minimum absolute atomic E-state index is 0.931. The predicted molar refractivity (Wildman–Crippen MR) is 80.8 cm³/mol. The van der Waals surface area contributed by atoms with Crippen LogP contribution in [0.1, 0.15) is 36.1 Å². The molecule has 0 aliphatic rings. The van der Waals surface area contributed by atoms with E-state index in [1.54, 1.807) is 0 Å². The molecule has 0 atom stereocenters. The molecular formula is C17H22N2. The van der Waals surface area contributed by atoms with Crippen molar-refractivity contribution in [2.75, 3.05) is 0 Å². The molecule has 2 heteroatoms. The number of benzene rings is 2. The summed E-state index contributed by atoms with van der Waals surface area (Å²) in [4.78, 5) is 0. The van der Waals surface area contributed by atoms with Crippen molar-refractivity contribution in [3.8, 4) is 0 Å². The monoisotopic (exact) mass is 254 g/mol. The first kappa shape index (κ1) is 13.8. The molecule has 0 aromatic heterocycles. The van der Waals surface area contributed by atoms with Gasteiger partial charge in [0, 0.05) is 0 Å². The SMILES string of the molecule is CCc1cccc(CC)c1C(N)(N)c1ccccc1. The van der Waals surface area contributed by atoms with Crippen LogP contribution < -0.4 is 11.5 Å². The van der Waals surface area contributed by atoms with E-state index in [1.807, 2.05) is 30.3 Å². The summed E-state index contributed by atoms with van der Waals surface area (Å²) < 4.78 is 0. The third kappa shape index (κ3) is 2.55. The number of hydrogen-bond acceptors (Lipinski definition) is 2. The molecule has 100 valence electrons. The summed E-state index contributed by atoms with van der Waals surface area (Å²) >= 11 is 0. The molecule has 0 saturated carbocycles. The number of aryl methyl sites for hydroxylation is 2. The molecule has 0 bridgehead atoms. The van der Waals surface area contributed by atoms with Crippen LogP contribution >= 0.6 is 0 Å². The average molecular weight is 254 g/mol. The lowest BCUT2D eigenvalue weighted by molar-refractivity contribution is 0.555. The van der Waals surface area contributed by atoms with Gasteiger partial charge in [-0.15, -0.1) is 0 Å². The average Bonchev–Trinajstić information content (AvgIpc) is 2.47. The first-order chi connectivity index (χ1) is 9.11. The highest BCUT2D eigenvalue weighted by atomic mass is 15.0. The van der Waals surface area contributed by atoms with E-state index in [4.69, 9.17) is 11.5 Å². The number of nitrogens with two attached hydrogens (primary N) is 2. The maximum absolute atomic E-state index is 6.49. The summed E-state index contributed by atoms with van der Waals surface area (Å²) in [6.07, 6.45) is 1.87. The second-order valence-corrected chi connectivity index (χ2v) is 4.89. The minimum atomic E-state index is -0.931. The maximum atomic E-state index is 6.49. The standard InChI is InChI=1S/C17H22N2/c1-3-13-9-8-10-14(4-2)16(13)17(18,19)15-11-6-5-7-12-15/h5-12H,3-4,18-19H2,1-2H3. The van der Waals surface area contributed by atoms with E-state index in [2.05, 4.69) is 32.0 Å². The minimum Gasteiger partial charge on any atom is -0.306 e. The van der Waals surface area contributed by atoms with E-state index in [9.17, 15) is 0 Å². The largest absolute Gasteiger partial charge is 0.306 e. The summed E-state index contributed by atoms with van der Waals surface area (Å²) in [5.41, 5.74) is 16.5.